The number of ether oxygens (including phenoxy) is 3. The third kappa shape index (κ3) is 4.81. The van der Waals surface area contributed by atoms with Gasteiger partial charge in [-0.05, 0) is 70.7 Å². The number of H-pyrrole nitrogens is 1. The number of imidazole rings is 1. The average molecular weight is 532 g/mol. The van der Waals surface area contributed by atoms with E-state index in [1.54, 1.807) is 24.3 Å². The summed E-state index contributed by atoms with van der Waals surface area (Å²) in [5, 5.41) is 3.04. The second-order valence-corrected chi connectivity index (χ2v) is 8.36. The Morgan fingerprint density at radius 1 is 1.12 bits per heavy atom. The van der Waals surface area contributed by atoms with Crippen LogP contribution >= 0.6 is 15.9 Å². The maximum Gasteiger partial charge on any atom is 0.416 e. The van der Waals surface area contributed by atoms with Crippen molar-refractivity contribution >= 4 is 38.6 Å². The van der Waals surface area contributed by atoms with Crippen molar-refractivity contribution in [1.82, 2.24) is 9.97 Å². The zero-order valence-electron chi connectivity index (χ0n) is 17.4. The van der Waals surface area contributed by atoms with E-state index in [4.69, 9.17) is 14.2 Å². The van der Waals surface area contributed by atoms with Crippen LogP contribution in [0.2, 0.25) is 0 Å². The molecule has 0 radical (unpaired) electrons. The number of aromatic amines is 1. The molecule has 34 heavy (non-hydrogen) atoms. The predicted molar refractivity (Wildman–Crippen MR) is 124 cm³/mol. The van der Waals surface area contributed by atoms with Gasteiger partial charge in [-0.1, -0.05) is 18.2 Å². The fraction of sp³-hybridized carbons (Fsp3) is 0.125. The van der Waals surface area contributed by atoms with Gasteiger partial charge in [-0.2, -0.15) is 13.2 Å². The van der Waals surface area contributed by atoms with Gasteiger partial charge < -0.3 is 24.5 Å². The molecule has 0 unspecified atom stereocenters. The summed E-state index contributed by atoms with van der Waals surface area (Å²) in [5.41, 5.74) is 1.58. The summed E-state index contributed by atoms with van der Waals surface area (Å²) in [5.74, 6) is 1.63. The summed E-state index contributed by atoms with van der Waals surface area (Å²) in [6.07, 6.45) is 6.29. The molecule has 1 aliphatic carbocycles. The Bertz CT molecular complexity index is 1360. The Morgan fingerprint density at radius 2 is 1.94 bits per heavy atom. The number of fused-ring (bicyclic) bond motifs is 1. The zero-order valence-corrected chi connectivity index (χ0v) is 19.0. The first-order valence-electron chi connectivity index (χ1n) is 10.3. The number of hydrogen-bond acceptors (Lipinski definition) is 5. The molecule has 0 saturated heterocycles. The Balaban J connectivity index is 1.25. The number of allylic oxidation sites excluding steroid dienone is 4. The van der Waals surface area contributed by atoms with Crippen LogP contribution in [0, 0.1) is 0 Å². The molecule has 0 bridgehead atoms. The maximum atomic E-state index is 13.1. The van der Waals surface area contributed by atoms with E-state index in [0.717, 1.165) is 30.5 Å². The number of nitrogens with zero attached hydrogens (tertiary/aromatic N) is 1. The van der Waals surface area contributed by atoms with Crippen LogP contribution in [0.1, 0.15) is 18.4 Å². The number of anilines is 2. The molecule has 0 amide bonds. The number of benzene rings is 2. The van der Waals surface area contributed by atoms with E-state index in [0.29, 0.717) is 28.7 Å². The predicted octanol–water partition coefficient (Wildman–Crippen LogP) is 7.43. The first-order valence-corrected chi connectivity index (χ1v) is 11.1. The summed E-state index contributed by atoms with van der Waals surface area (Å²) in [4.78, 5) is 7.19. The van der Waals surface area contributed by atoms with E-state index in [-0.39, 0.29) is 15.9 Å². The monoisotopic (exact) mass is 531 g/mol. The lowest BCUT2D eigenvalue weighted by atomic mass is 10.0. The molecule has 0 fully saturated rings. The molecule has 1 aliphatic heterocycles. The molecule has 2 aliphatic rings. The molecule has 0 spiro atoms. The van der Waals surface area contributed by atoms with Gasteiger partial charge in [0.05, 0.1) is 11.1 Å². The fourth-order valence-corrected chi connectivity index (χ4v) is 4.01. The molecule has 2 N–H and O–H groups in total. The van der Waals surface area contributed by atoms with Gasteiger partial charge in [-0.3, -0.25) is 0 Å². The third-order valence-electron chi connectivity index (χ3n) is 5.08. The van der Waals surface area contributed by atoms with Gasteiger partial charge in [0.15, 0.2) is 12.0 Å². The Morgan fingerprint density at radius 3 is 2.68 bits per heavy atom. The molecule has 2 heterocycles. The Hall–Kier alpha value is -3.66. The number of rotatable bonds is 5. The van der Waals surface area contributed by atoms with Crippen molar-refractivity contribution in [2.45, 2.75) is 19.0 Å². The van der Waals surface area contributed by atoms with Crippen LogP contribution in [-0.2, 0) is 15.7 Å². The number of alkyl halides is 3. The summed E-state index contributed by atoms with van der Waals surface area (Å²) >= 11 is 3.16. The van der Waals surface area contributed by atoms with Crippen molar-refractivity contribution < 1.29 is 27.4 Å². The maximum absolute atomic E-state index is 13.1. The largest absolute Gasteiger partial charge is 0.461 e. The van der Waals surface area contributed by atoms with Gasteiger partial charge in [0.2, 0.25) is 5.95 Å². The first kappa shape index (κ1) is 22.1. The lowest BCUT2D eigenvalue weighted by Gasteiger charge is -2.19. The lowest BCUT2D eigenvalue weighted by Crippen LogP contribution is -2.08. The molecular weight excluding hydrogens is 515 g/mol. The molecule has 1 aromatic heterocycles. The molecule has 174 valence electrons. The van der Waals surface area contributed by atoms with Gasteiger partial charge in [0.1, 0.15) is 17.5 Å². The number of hydrogen-bond donors (Lipinski definition) is 2. The highest BCUT2D eigenvalue weighted by Gasteiger charge is 2.31. The van der Waals surface area contributed by atoms with E-state index in [2.05, 4.69) is 37.3 Å². The third-order valence-corrected chi connectivity index (χ3v) is 5.69. The van der Waals surface area contributed by atoms with Gasteiger partial charge in [0, 0.05) is 10.2 Å². The van der Waals surface area contributed by atoms with E-state index < -0.39 is 11.7 Å². The van der Waals surface area contributed by atoms with Crippen molar-refractivity contribution in [1.29, 1.82) is 0 Å². The lowest BCUT2D eigenvalue weighted by molar-refractivity contribution is -0.137. The van der Waals surface area contributed by atoms with Crippen molar-refractivity contribution in [3.63, 3.8) is 0 Å². The normalized spacial score (nSPS) is 15.7. The van der Waals surface area contributed by atoms with Crippen LogP contribution < -0.4 is 10.1 Å². The first-order chi connectivity index (χ1) is 16.3. The van der Waals surface area contributed by atoms with Gasteiger partial charge in [0.25, 0.3) is 0 Å². The highest BCUT2D eigenvalue weighted by Crippen LogP contribution is 2.35. The number of aromatic nitrogens is 2. The summed E-state index contributed by atoms with van der Waals surface area (Å²) in [7, 11) is 0. The molecule has 0 atom stereocenters. The smallest absolute Gasteiger partial charge is 0.416 e. The zero-order chi connectivity index (χ0) is 23.7. The van der Waals surface area contributed by atoms with Crippen LogP contribution in [0.3, 0.4) is 0 Å². The minimum Gasteiger partial charge on any atom is -0.461 e. The van der Waals surface area contributed by atoms with Gasteiger partial charge in [-0.25, -0.2) is 4.98 Å². The van der Waals surface area contributed by atoms with E-state index in [1.807, 2.05) is 12.2 Å². The SMILES string of the molecule is FC(F)(F)c1cc(Br)c2nc(Nc3ccc(OC4=COC=C(C5=CC=CCC5)O4)cc3)[nH]c2c1. The second kappa shape index (κ2) is 8.94. The van der Waals surface area contributed by atoms with Crippen LogP contribution in [0.25, 0.3) is 11.0 Å². The fourth-order valence-electron chi connectivity index (χ4n) is 3.46. The highest BCUT2D eigenvalue weighted by molar-refractivity contribution is 9.10. The molecule has 2 aromatic carbocycles. The van der Waals surface area contributed by atoms with Crippen LogP contribution in [0.5, 0.6) is 5.75 Å². The van der Waals surface area contributed by atoms with Crippen LogP contribution in [0.4, 0.5) is 24.8 Å². The van der Waals surface area contributed by atoms with Crippen molar-refractivity contribution in [2.24, 2.45) is 0 Å². The Kier molecular flexibility index (Phi) is 5.82. The Labute approximate surface area is 200 Å². The average Bonchev–Trinajstić information content (AvgIpc) is 3.24. The molecular formula is C24H17BrF3N3O3. The van der Waals surface area contributed by atoms with Crippen molar-refractivity contribution in [3.05, 3.63) is 94.5 Å². The van der Waals surface area contributed by atoms with Crippen LogP contribution in [-0.4, -0.2) is 9.97 Å². The molecule has 0 saturated carbocycles. The quantitative estimate of drug-likeness (QED) is 0.358. The molecule has 3 aromatic rings. The minimum absolute atomic E-state index is 0.205. The highest BCUT2D eigenvalue weighted by atomic mass is 79.9. The van der Waals surface area contributed by atoms with E-state index in [9.17, 15) is 13.2 Å². The van der Waals surface area contributed by atoms with E-state index >= 15 is 0 Å². The van der Waals surface area contributed by atoms with Crippen LogP contribution in [0.15, 0.2) is 88.9 Å². The number of nitrogens with one attached hydrogen (secondary N) is 2. The topological polar surface area (TPSA) is 68.4 Å². The van der Waals surface area contributed by atoms with E-state index in [1.165, 1.54) is 12.5 Å². The molecule has 6 nitrogen and oxygen atoms in total. The standard InChI is InChI=1S/C24H17BrF3N3O3/c25-18-10-15(24(26,27)28)11-19-22(18)31-23(30-19)29-16-6-8-17(9-7-16)33-21-13-32-12-20(34-21)14-4-2-1-3-5-14/h1-2,4,6-13H,3,5H2,(H2,29,30,31). The minimum atomic E-state index is -4.45. The van der Waals surface area contributed by atoms with Gasteiger partial charge >= 0.3 is 12.1 Å². The van der Waals surface area contributed by atoms with Gasteiger partial charge in [-0.15, -0.1) is 0 Å². The second-order valence-electron chi connectivity index (χ2n) is 7.50. The summed E-state index contributed by atoms with van der Waals surface area (Å²) < 4.78 is 56.3. The number of halogens is 4. The molecule has 10 heteroatoms. The molecule has 5 rings (SSSR count). The van der Waals surface area contributed by atoms with Crippen molar-refractivity contribution in [3.8, 4) is 5.75 Å². The summed E-state index contributed by atoms with van der Waals surface area (Å²) in [6, 6.07) is 8.95. The van der Waals surface area contributed by atoms with Crippen molar-refractivity contribution in [2.75, 3.05) is 5.32 Å². The summed E-state index contributed by atoms with van der Waals surface area (Å²) in [6.45, 7) is 0.